The second-order valence-corrected chi connectivity index (χ2v) is 12.0. The lowest BCUT2D eigenvalue weighted by Crippen LogP contribution is -2.53. The zero-order valence-electron chi connectivity index (χ0n) is 24.1. The van der Waals surface area contributed by atoms with Gasteiger partial charge in [-0.25, -0.2) is 10.4 Å². The number of aliphatic hydroxyl groups excluding tert-OH is 1. The number of halogens is 2. The number of nitrogens with zero attached hydrogens (tertiary/aromatic N) is 1. The number of para-hydroxylation sites is 1. The first-order valence-electron chi connectivity index (χ1n) is 14.2. The van der Waals surface area contributed by atoms with Crippen LogP contribution in [0.5, 0.6) is 11.5 Å². The van der Waals surface area contributed by atoms with Gasteiger partial charge in [-0.2, -0.15) is 0 Å². The lowest BCUT2D eigenvalue weighted by atomic mass is 9.82. The van der Waals surface area contributed by atoms with Crippen LogP contribution in [0.25, 0.3) is 0 Å². The van der Waals surface area contributed by atoms with Crippen LogP contribution in [0.3, 0.4) is 0 Å². The zero-order chi connectivity index (χ0) is 30.9. The fourth-order valence-corrected chi connectivity index (χ4v) is 5.79. The number of hydrogen-bond donors (Lipinski definition) is 3. The number of nitrogens with one attached hydrogen (secondary N) is 2. The van der Waals surface area contributed by atoms with E-state index in [0.717, 1.165) is 31.4 Å². The molecule has 228 valence electrons. The number of benzene rings is 4. The van der Waals surface area contributed by atoms with Crippen molar-refractivity contribution in [1.82, 2.24) is 10.9 Å². The van der Waals surface area contributed by atoms with E-state index in [1.165, 1.54) is 0 Å². The summed E-state index contributed by atoms with van der Waals surface area (Å²) in [6.07, 6.45) is 0.0786. The topological polar surface area (TPSA) is 101 Å². The standard InChI is InChI=1S/C34H33Br2N3O5/c1-42-30-10-5-2-7-25(30)22-37-39-33(41)34(21-23-11-15-26(35)16-12-23)31(28-8-3-4-9-29(28)36)44-32(38-34)24-13-17-27(18-14-24)43-20-6-19-40/h2-5,7-18,31,37,40H,6,19-22H2,1H3,(H,39,41)/t31-,34-/m0/s1. The van der Waals surface area contributed by atoms with Gasteiger partial charge in [0.15, 0.2) is 11.6 Å². The Hall–Kier alpha value is -3.70. The van der Waals surface area contributed by atoms with E-state index >= 15 is 0 Å². The molecule has 8 nitrogen and oxygen atoms in total. The van der Waals surface area contributed by atoms with Crippen LogP contribution in [-0.4, -0.2) is 42.8 Å². The van der Waals surface area contributed by atoms with E-state index in [9.17, 15) is 4.79 Å². The maximum Gasteiger partial charge on any atom is 0.266 e. The number of carbonyl (C=O) groups excluding carboxylic acids is 1. The van der Waals surface area contributed by atoms with Crippen LogP contribution in [0, 0.1) is 0 Å². The van der Waals surface area contributed by atoms with Crippen molar-refractivity contribution in [3.05, 3.63) is 128 Å². The minimum atomic E-state index is -1.36. The molecule has 0 radical (unpaired) electrons. The quantitative estimate of drug-likeness (QED) is 0.111. The van der Waals surface area contributed by atoms with Gasteiger partial charge in [-0.15, -0.1) is 0 Å². The highest BCUT2D eigenvalue weighted by atomic mass is 79.9. The van der Waals surface area contributed by atoms with Gasteiger partial charge in [-0.3, -0.25) is 10.2 Å². The van der Waals surface area contributed by atoms with E-state index in [4.69, 9.17) is 24.3 Å². The van der Waals surface area contributed by atoms with Crippen LogP contribution >= 0.6 is 31.9 Å². The van der Waals surface area contributed by atoms with Gasteiger partial charge in [-0.1, -0.05) is 80.4 Å². The molecular weight excluding hydrogens is 690 g/mol. The summed E-state index contributed by atoms with van der Waals surface area (Å²) in [5, 5.41) is 9.06. The molecule has 0 aromatic heterocycles. The summed E-state index contributed by atoms with van der Waals surface area (Å²) in [6, 6.07) is 30.6. The van der Waals surface area contributed by atoms with Crippen LogP contribution in [0.1, 0.15) is 34.8 Å². The van der Waals surface area contributed by atoms with E-state index in [0.29, 0.717) is 36.8 Å². The molecular formula is C34H33Br2N3O5. The molecule has 0 unspecified atom stereocenters. The number of amides is 1. The van der Waals surface area contributed by atoms with Gasteiger partial charge in [0.2, 0.25) is 5.90 Å². The molecule has 0 saturated carbocycles. The third kappa shape index (κ3) is 7.32. The summed E-state index contributed by atoms with van der Waals surface area (Å²) in [4.78, 5) is 19.5. The van der Waals surface area contributed by atoms with Gasteiger partial charge in [0, 0.05) is 51.6 Å². The summed E-state index contributed by atoms with van der Waals surface area (Å²) in [5.41, 5.74) is 7.98. The molecule has 4 aromatic rings. The number of aliphatic imine (C=N–C) groups is 1. The Balaban J connectivity index is 1.52. The molecule has 3 N–H and O–H groups in total. The van der Waals surface area contributed by atoms with Crippen LogP contribution in [0.2, 0.25) is 0 Å². The molecule has 1 heterocycles. The minimum Gasteiger partial charge on any atom is -0.496 e. The number of rotatable bonds is 13. The van der Waals surface area contributed by atoms with Gasteiger partial charge < -0.3 is 19.3 Å². The number of aliphatic hydroxyl groups is 1. The second-order valence-electron chi connectivity index (χ2n) is 10.2. The predicted molar refractivity (Wildman–Crippen MR) is 177 cm³/mol. The molecule has 0 fully saturated rings. The molecule has 0 saturated heterocycles. The third-order valence-corrected chi connectivity index (χ3v) is 8.53. The Kier molecular flexibility index (Phi) is 10.7. The average Bonchev–Trinajstić information content (AvgIpc) is 3.43. The molecule has 4 aromatic carbocycles. The normalized spacial score (nSPS) is 17.5. The summed E-state index contributed by atoms with van der Waals surface area (Å²) in [6.45, 7) is 0.824. The number of hydrogen-bond acceptors (Lipinski definition) is 7. The number of carbonyl (C=O) groups is 1. The van der Waals surface area contributed by atoms with Crippen LogP contribution in [0.4, 0.5) is 0 Å². The van der Waals surface area contributed by atoms with Gasteiger partial charge in [0.05, 0.1) is 13.7 Å². The van der Waals surface area contributed by atoms with Crippen molar-refractivity contribution in [1.29, 1.82) is 0 Å². The smallest absolute Gasteiger partial charge is 0.266 e. The van der Waals surface area contributed by atoms with Crippen molar-refractivity contribution >= 4 is 43.7 Å². The Morgan fingerprint density at radius 1 is 0.977 bits per heavy atom. The van der Waals surface area contributed by atoms with Crippen LogP contribution in [0.15, 0.2) is 111 Å². The fourth-order valence-electron chi connectivity index (χ4n) is 5.04. The van der Waals surface area contributed by atoms with Crippen molar-refractivity contribution in [3.63, 3.8) is 0 Å². The Morgan fingerprint density at radius 2 is 1.70 bits per heavy atom. The number of methoxy groups -OCH3 is 1. The Bertz CT molecular complexity index is 1600. The molecule has 0 spiro atoms. The first kappa shape index (κ1) is 31.7. The average molecular weight is 723 g/mol. The van der Waals surface area contributed by atoms with Crippen molar-refractivity contribution < 1.29 is 24.1 Å². The van der Waals surface area contributed by atoms with E-state index in [1.807, 2.05) is 97.1 Å². The van der Waals surface area contributed by atoms with E-state index in [1.54, 1.807) is 7.11 Å². The maximum absolute atomic E-state index is 14.4. The molecule has 44 heavy (non-hydrogen) atoms. The minimum absolute atomic E-state index is 0.0649. The van der Waals surface area contributed by atoms with Gasteiger partial charge in [0.1, 0.15) is 11.5 Å². The SMILES string of the molecule is COc1ccccc1CNNC(=O)[C@@]1(Cc2ccc(Br)cc2)N=C(c2ccc(OCCCO)cc2)O[C@H]1c1ccccc1Br. The van der Waals surface area contributed by atoms with E-state index in [2.05, 4.69) is 42.7 Å². The number of hydrazine groups is 1. The van der Waals surface area contributed by atoms with Crippen molar-refractivity contribution in [2.24, 2.45) is 4.99 Å². The van der Waals surface area contributed by atoms with Crippen molar-refractivity contribution in [2.75, 3.05) is 20.3 Å². The lowest BCUT2D eigenvalue weighted by molar-refractivity contribution is -0.130. The third-order valence-electron chi connectivity index (χ3n) is 7.28. The first-order chi connectivity index (χ1) is 21.4. The highest BCUT2D eigenvalue weighted by Gasteiger charge is 2.54. The molecule has 5 rings (SSSR count). The Morgan fingerprint density at radius 3 is 2.43 bits per heavy atom. The fraction of sp³-hybridized carbons (Fsp3) is 0.235. The van der Waals surface area contributed by atoms with E-state index < -0.39 is 11.6 Å². The van der Waals surface area contributed by atoms with Crippen molar-refractivity contribution in [3.8, 4) is 11.5 Å². The maximum atomic E-state index is 14.4. The molecule has 0 aliphatic carbocycles. The summed E-state index contributed by atoms with van der Waals surface area (Å²) in [5.74, 6) is 1.40. The van der Waals surface area contributed by atoms with Gasteiger partial charge in [0.25, 0.3) is 5.91 Å². The first-order valence-corrected chi connectivity index (χ1v) is 15.8. The molecule has 10 heteroatoms. The number of ether oxygens (including phenoxy) is 3. The lowest BCUT2D eigenvalue weighted by Gasteiger charge is -2.31. The zero-order valence-corrected chi connectivity index (χ0v) is 27.3. The Labute approximate surface area is 273 Å². The monoisotopic (exact) mass is 721 g/mol. The highest BCUT2D eigenvalue weighted by Crippen LogP contribution is 2.44. The largest absolute Gasteiger partial charge is 0.496 e. The second kappa shape index (κ2) is 14.9. The van der Waals surface area contributed by atoms with Crippen molar-refractivity contribution in [2.45, 2.75) is 31.0 Å². The van der Waals surface area contributed by atoms with Gasteiger partial charge >= 0.3 is 0 Å². The molecule has 0 bridgehead atoms. The predicted octanol–water partition coefficient (Wildman–Crippen LogP) is 6.30. The molecule has 2 atom stereocenters. The molecule has 1 amide bonds. The summed E-state index contributed by atoms with van der Waals surface area (Å²) in [7, 11) is 1.62. The van der Waals surface area contributed by atoms with Gasteiger partial charge in [-0.05, 0) is 54.1 Å². The van der Waals surface area contributed by atoms with Crippen LogP contribution < -0.4 is 20.3 Å². The highest BCUT2D eigenvalue weighted by molar-refractivity contribution is 9.10. The summed E-state index contributed by atoms with van der Waals surface area (Å²) >= 11 is 7.20. The molecule has 1 aliphatic rings. The molecule has 1 aliphatic heterocycles. The summed E-state index contributed by atoms with van der Waals surface area (Å²) < 4.78 is 19.5. The van der Waals surface area contributed by atoms with Crippen LogP contribution in [-0.2, 0) is 22.5 Å². The van der Waals surface area contributed by atoms with E-state index in [-0.39, 0.29) is 18.9 Å².